The number of piperidine rings is 1. The number of rotatable bonds is 4. The molecule has 2 aromatic heterocycles. The van der Waals surface area contributed by atoms with Gasteiger partial charge in [-0.05, 0) is 37.3 Å². The van der Waals surface area contributed by atoms with Crippen LogP contribution in [0.15, 0.2) is 30.9 Å². The zero-order chi connectivity index (χ0) is 15.4. The minimum absolute atomic E-state index is 0.268. The van der Waals surface area contributed by atoms with E-state index in [2.05, 4.69) is 24.8 Å². The SMILES string of the molecule is NC(=O)c1cc(C[C@@H]2CCCN(c3ncccn3)C2)ncn1. The average Bonchev–Trinajstić information content (AvgIpc) is 2.56. The normalized spacial score (nSPS) is 18.2. The lowest BCUT2D eigenvalue weighted by Crippen LogP contribution is -2.37. The number of aromatic nitrogens is 4. The van der Waals surface area contributed by atoms with Gasteiger partial charge >= 0.3 is 0 Å². The van der Waals surface area contributed by atoms with Crippen molar-refractivity contribution in [2.45, 2.75) is 19.3 Å². The summed E-state index contributed by atoms with van der Waals surface area (Å²) in [5.41, 5.74) is 6.38. The van der Waals surface area contributed by atoms with Crippen LogP contribution in [0.3, 0.4) is 0 Å². The summed E-state index contributed by atoms with van der Waals surface area (Å²) < 4.78 is 0. The van der Waals surface area contributed by atoms with Gasteiger partial charge in [0.15, 0.2) is 0 Å². The van der Waals surface area contributed by atoms with Gasteiger partial charge in [-0.25, -0.2) is 19.9 Å². The van der Waals surface area contributed by atoms with E-state index in [1.165, 1.54) is 6.33 Å². The molecule has 0 radical (unpaired) electrons. The van der Waals surface area contributed by atoms with Crippen molar-refractivity contribution in [3.05, 3.63) is 42.2 Å². The fourth-order valence-electron chi connectivity index (χ4n) is 2.81. The molecule has 0 aromatic carbocycles. The van der Waals surface area contributed by atoms with E-state index in [1.807, 2.05) is 6.07 Å². The zero-order valence-corrected chi connectivity index (χ0v) is 12.2. The van der Waals surface area contributed by atoms with Crippen LogP contribution in [-0.4, -0.2) is 38.9 Å². The average molecular weight is 298 g/mol. The smallest absolute Gasteiger partial charge is 0.267 e. The Morgan fingerprint density at radius 3 is 2.86 bits per heavy atom. The van der Waals surface area contributed by atoms with Crippen molar-refractivity contribution in [3.63, 3.8) is 0 Å². The fourth-order valence-corrected chi connectivity index (χ4v) is 2.81. The highest BCUT2D eigenvalue weighted by molar-refractivity contribution is 5.90. The molecule has 7 nitrogen and oxygen atoms in total. The number of hydrogen-bond acceptors (Lipinski definition) is 6. The van der Waals surface area contributed by atoms with Crippen molar-refractivity contribution in [2.24, 2.45) is 11.7 Å². The predicted molar refractivity (Wildman–Crippen MR) is 81.2 cm³/mol. The maximum absolute atomic E-state index is 11.2. The first-order chi connectivity index (χ1) is 10.7. The molecular weight excluding hydrogens is 280 g/mol. The number of anilines is 1. The van der Waals surface area contributed by atoms with Gasteiger partial charge in [0.2, 0.25) is 5.95 Å². The molecule has 114 valence electrons. The van der Waals surface area contributed by atoms with Gasteiger partial charge in [0, 0.05) is 31.2 Å². The summed E-state index contributed by atoms with van der Waals surface area (Å²) in [5, 5.41) is 0. The molecule has 0 spiro atoms. The molecule has 3 rings (SSSR count). The summed E-state index contributed by atoms with van der Waals surface area (Å²) in [7, 11) is 0. The first kappa shape index (κ1) is 14.4. The van der Waals surface area contributed by atoms with Crippen LogP contribution in [0.2, 0.25) is 0 Å². The summed E-state index contributed by atoms with van der Waals surface area (Å²) in [4.78, 5) is 30.1. The van der Waals surface area contributed by atoms with E-state index >= 15 is 0 Å². The van der Waals surface area contributed by atoms with Crippen LogP contribution in [0.25, 0.3) is 0 Å². The van der Waals surface area contributed by atoms with Crippen molar-refractivity contribution in [1.29, 1.82) is 0 Å². The monoisotopic (exact) mass is 298 g/mol. The maximum atomic E-state index is 11.2. The number of hydrogen-bond donors (Lipinski definition) is 1. The van der Waals surface area contributed by atoms with E-state index in [0.717, 1.165) is 44.0 Å². The summed E-state index contributed by atoms with van der Waals surface area (Å²) in [6, 6.07) is 3.50. The van der Waals surface area contributed by atoms with E-state index in [0.29, 0.717) is 5.92 Å². The Kier molecular flexibility index (Phi) is 4.22. The van der Waals surface area contributed by atoms with Gasteiger partial charge in [-0.2, -0.15) is 0 Å². The van der Waals surface area contributed by atoms with E-state index in [-0.39, 0.29) is 5.69 Å². The summed E-state index contributed by atoms with van der Waals surface area (Å²) in [5.74, 6) is 0.701. The van der Waals surface area contributed by atoms with Gasteiger partial charge in [0.1, 0.15) is 12.0 Å². The zero-order valence-electron chi connectivity index (χ0n) is 12.2. The molecule has 0 unspecified atom stereocenters. The van der Waals surface area contributed by atoms with E-state index < -0.39 is 5.91 Å². The summed E-state index contributed by atoms with van der Waals surface area (Å²) >= 11 is 0. The van der Waals surface area contributed by atoms with Crippen LogP contribution in [0.5, 0.6) is 0 Å². The summed E-state index contributed by atoms with van der Waals surface area (Å²) in [6.07, 6.45) is 7.93. The van der Waals surface area contributed by atoms with Crippen molar-refractivity contribution < 1.29 is 4.79 Å². The largest absolute Gasteiger partial charge is 0.364 e. The lowest BCUT2D eigenvalue weighted by atomic mass is 9.93. The predicted octanol–water partition coefficient (Wildman–Crippen LogP) is 0.825. The van der Waals surface area contributed by atoms with E-state index in [4.69, 9.17) is 5.73 Å². The number of nitrogens with two attached hydrogens (primary N) is 1. The van der Waals surface area contributed by atoms with Gasteiger partial charge in [0.25, 0.3) is 5.91 Å². The molecule has 22 heavy (non-hydrogen) atoms. The number of primary amides is 1. The van der Waals surface area contributed by atoms with Gasteiger partial charge in [0.05, 0.1) is 0 Å². The van der Waals surface area contributed by atoms with Crippen molar-refractivity contribution in [1.82, 2.24) is 19.9 Å². The van der Waals surface area contributed by atoms with Crippen molar-refractivity contribution in [2.75, 3.05) is 18.0 Å². The minimum atomic E-state index is -0.522. The minimum Gasteiger partial charge on any atom is -0.364 e. The fraction of sp³-hybridized carbons (Fsp3) is 0.400. The summed E-state index contributed by atoms with van der Waals surface area (Å²) in [6.45, 7) is 1.86. The van der Waals surface area contributed by atoms with Crippen LogP contribution in [0, 0.1) is 5.92 Å². The second-order valence-electron chi connectivity index (χ2n) is 5.47. The Morgan fingerprint density at radius 1 is 1.27 bits per heavy atom. The molecule has 0 aliphatic carbocycles. The molecule has 1 fully saturated rings. The van der Waals surface area contributed by atoms with Gasteiger partial charge in [-0.1, -0.05) is 0 Å². The molecule has 0 saturated carbocycles. The molecule has 1 aliphatic rings. The Labute approximate surface area is 128 Å². The number of nitrogens with zero attached hydrogens (tertiary/aromatic N) is 5. The maximum Gasteiger partial charge on any atom is 0.267 e. The molecule has 1 amide bonds. The third-order valence-corrected chi connectivity index (χ3v) is 3.83. The highest BCUT2D eigenvalue weighted by Gasteiger charge is 2.22. The topological polar surface area (TPSA) is 97.9 Å². The number of amides is 1. The molecule has 0 bridgehead atoms. The molecule has 2 aromatic rings. The Morgan fingerprint density at radius 2 is 2.09 bits per heavy atom. The van der Waals surface area contributed by atoms with E-state index in [1.54, 1.807) is 18.5 Å². The molecule has 2 N–H and O–H groups in total. The van der Waals surface area contributed by atoms with Crippen molar-refractivity contribution in [3.8, 4) is 0 Å². The highest BCUT2D eigenvalue weighted by atomic mass is 16.1. The van der Waals surface area contributed by atoms with Crippen LogP contribution in [0.4, 0.5) is 5.95 Å². The van der Waals surface area contributed by atoms with Gasteiger partial charge in [-0.3, -0.25) is 4.79 Å². The van der Waals surface area contributed by atoms with Crippen LogP contribution in [0.1, 0.15) is 29.0 Å². The molecular formula is C15H18N6O. The lowest BCUT2D eigenvalue weighted by Gasteiger charge is -2.32. The first-order valence-corrected chi connectivity index (χ1v) is 7.35. The van der Waals surface area contributed by atoms with E-state index in [9.17, 15) is 4.79 Å². The third kappa shape index (κ3) is 3.36. The Hall–Kier alpha value is -2.57. The quantitative estimate of drug-likeness (QED) is 0.897. The second kappa shape index (κ2) is 6.46. The Balaban J connectivity index is 1.68. The number of carbonyl (C=O) groups is 1. The molecule has 1 aliphatic heterocycles. The van der Waals surface area contributed by atoms with Crippen LogP contribution in [-0.2, 0) is 6.42 Å². The molecule has 3 heterocycles. The van der Waals surface area contributed by atoms with Crippen molar-refractivity contribution >= 4 is 11.9 Å². The molecule has 1 atom stereocenters. The highest BCUT2D eigenvalue weighted by Crippen LogP contribution is 2.22. The third-order valence-electron chi connectivity index (χ3n) is 3.83. The van der Waals surface area contributed by atoms with Crippen LogP contribution >= 0.6 is 0 Å². The Bertz CT molecular complexity index is 647. The van der Waals surface area contributed by atoms with Crippen LogP contribution < -0.4 is 10.6 Å². The lowest BCUT2D eigenvalue weighted by molar-refractivity contribution is 0.0995. The van der Waals surface area contributed by atoms with Gasteiger partial charge < -0.3 is 10.6 Å². The molecule has 1 saturated heterocycles. The molecule has 7 heteroatoms. The number of carbonyl (C=O) groups excluding carboxylic acids is 1. The first-order valence-electron chi connectivity index (χ1n) is 7.35. The second-order valence-corrected chi connectivity index (χ2v) is 5.47. The standard InChI is InChI=1S/C15H18N6O/c16-14(22)13-8-12(19-10-20-13)7-11-3-1-6-21(9-11)15-17-4-2-5-18-15/h2,4-5,8,10-11H,1,3,6-7,9H2,(H2,16,22)/t11-/m0/s1. The van der Waals surface area contributed by atoms with Gasteiger partial charge in [-0.15, -0.1) is 0 Å².